The molecule has 0 saturated carbocycles. The van der Waals surface area contributed by atoms with Crippen LogP contribution in [0.4, 0.5) is 0 Å². The molecule has 30 heavy (non-hydrogen) atoms. The van der Waals surface area contributed by atoms with Gasteiger partial charge in [0.25, 0.3) is 5.56 Å². The van der Waals surface area contributed by atoms with Crippen molar-refractivity contribution >= 4 is 0 Å². The second kappa shape index (κ2) is 13.4. The first kappa shape index (κ1) is 24.4. The molecule has 0 aliphatic carbocycles. The van der Waals surface area contributed by atoms with E-state index in [0.717, 1.165) is 12.8 Å². The van der Waals surface area contributed by atoms with Gasteiger partial charge in [-0.1, -0.05) is 76.6 Å². The molecule has 1 aliphatic heterocycles. The van der Waals surface area contributed by atoms with Crippen LogP contribution in [0.2, 0.25) is 0 Å². The van der Waals surface area contributed by atoms with Crippen molar-refractivity contribution in [2.75, 3.05) is 6.61 Å². The number of nitrogens with one attached hydrogen (secondary N) is 1. The van der Waals surface area contributed by atoms with E-state index in [2.05, 4.69) is 23.7 Å². The molecule has 1 fully saturated rings. The predicted octanol–water partition coefficient (Wildman–Crippen LogP) is 2.84. The third-order valence-electron chi connectivity index (χ3n) is 5.54. The molecule has 0 radical (unpaired) electrons. The third kappa shape index (κ3) is 7.75. The third-order valence-corrected chi connectivity index (χ3v) is 5.54. The molecule has 1 unspecified atom stereocenters. The van der Waals surface area contributed by atoms with Gasteiger partial charge in [-0.2, -0.15) is 0 Å². The molecule has 0 aromatic carbocycles. The second-order valence-corrected chi connectivity index (χ2v) is 8.06. The van der Waals surface area contributed by atoms with Gasteiger partial charge in [-0.3, -0.25) is 14.3 Å². The second-order valence-electron chi connectivity index (χ2n) is 8.06. The van der Waals surface area contributed by atoms with Gasteiger partial charge < -0.3 is 14.9 Å². The van der Waals surface area contributed by atoms with Crippen molar-refractivity contribution in [2.24, 2.45) is 0 Å². The highest BCUT2D eigenvalue weighted by Crippen LogP contribution is 2.27. The quantitative estimate of drug-likeness (QED) is 0.356. The number of hydrogen-bond donors (Lipinski definition) is 3. The molecule has 1 saturated heterocycles. The van der Waals surface area contributed by atoms with Crippen LogP contribution in [0.25, 0.3) is 0 Å². The number of aromatic nitrogens is 2. The number of aliphatic hydroxyl groups excluding tert-OH is 2. The Morgan fingerprint density at radius 2 is 1.73 bits per heavy atom. The van der Waals surface area contributed by atoms with Crippen molar-refractivity contribution < 1.29 is 14.9 Å². The maximum atomic E-state index is 12.1. The van der Waals surface area contributed by atoms with E-state index in [0.29, 0.717) is 6.42 Å². The molecule has 3 N–H and O–H groups in total. The Kier molecular flexibility index (Phi) is 10.9. The van der Waals surface area contributed by atoms with Gasteiger partial charge in [-0.05, 0) is 6.42 Å². The SMILES string of the molecule is CCCCCCCCCCCCC#Cc1cn([C@@H]2CC(O)[C@H](CO)O2)c(=O)[nH]c1=O. The molecule has 1 aromatic rings. The van der Waals surface area contributed by atoms with Crippen LogP contribution >= 0.6 is 0 Å². The molecular weight excluding hydrogens is 384 g/mol. The normalized spacial score (nSPS) is 20.8. The standard InChI is InChI=1S/C23H36N2O5/c1-2-3-4-5-6-7-8-9-10-11-12-13-14-18-16-25(23(29)24-22(18)28)21-15-19(27)20(17-26)30-21/h16,19-21,26-27H,2-12,15,17H2,1H3,(H,24,28,29)/t19?,20-,21-/m0/s1. The molecule has 7 nitrogen and oxygen atoms in total. The van der Waals surface area contributed by atoms with Gasteiger partial charge >= 0.3 is 5.69 Å². The van der Waals surface area contributed by atoms with E-state index in [1.54, 1.807) is 0 Å². The molecule has 0 spiro atoms. The maximum absolute atomic E-state index is 12.1. The summed E-state index contributed by atoms with van der Waals surface area (Å²) < 4.78 is 6.72. The Balaban J connectivity index is 1.76. The fourth-order valence-electron chi connectivity index (χ4n) is 3.70. The van der Waals surface area contributed by atoms with E-state index < -0.39 is 29.7 Å². The van der Waals surface area contributed by atoms with Gasteiger partial charge in [0.05, 0.1) is 12.7 Å². The van der Waals surface area contributed by atoms with Gasteiger partial charge in [0, 0.05) is 19.0 Å². The Morgan fingerprint density at radius 1 is 1.10 bits per heavy atom. The van der Waals surface area contributed by atoms with Gasteiger partial charge in [0.1, 0.15) is 17.9 Å². The first-order valence-electron chi connectivity index (χ1n) is 11.4. The molecule has 2 heterocycles. The van der Waals surface area contributed by atoms with Crippen LogP contribution in [0.1, 0.15) is 95.8 Å². The summed E-state index contributed by atoms with van der Waals surface area (Å²) in [5.74, 6) is 5.87. The minimum atomic E-state index is -0.857. The first-order chi connectivity index (χ1) is 14.6. The molecule has 3 atom stereocenters. The van der Waals surface area contributed by atoms with E-state index in [-0.39, 0.29) is 18.6 Å². The Morgan fingerprint density at radius 3 is 2.33 bits per heavy atom. The van der Waals surface area contributed by atoms with Gasteiger partial charge in [-0.25, -0.2) is 4.79 Å². The Hall–Kier alpha value is -1.88. The van der Waals surface area contributed by atoms with E-state index in [4.69, 9.17) is 4.74 Å². The lowest BCUT2D eigenvalue weighted by atomic mass is 10.1. The van der Waals surface area contributed by atoms with Crippen LogP contribution in [-0.4, -0.2) is 38.6 Å². The fourth-order valence-corrected chi connectivity index (χ4v) is 3.70. The zero-order valence-corrected chi connectivity index (χ0v) is 18.1. The Bertz CT molecular complexity index is 804. The number of unbranched alkanes of at least 4 members (excludes halogenated alkanes) is 10. The summed E-state index contributed by atoms with van der Waals surface area (Å²) in [5, 5.41) is 19.1. The van der Waals surface area contributed by atoms with Crippen molar-refractivity contribution in [1.29, 1.82) is 0 Å². The fraction of sp³-hybridized carbons (Fsp3) is 0.739. The van der Waals surface area contributed by atoms with Crippen LogP contribution in [0.5, 0.6) is 0 Å². The smallest absolute Gasteiger partial charge is 0.330 e. The highest BCUT2D eigenvalue weighted by atomic mass is 16.5. The topological polar surface area (TPSA) is 105 Å². The van der Waals surface area contributed by atoms with Crippen LogP contribution in [-0.2, 0) is 4.74 Å². The molecule has 1 aliphatic rings. The Labute approximate surface area is 178 Å². The number of aliphatic hydroxyl groups is 2. The zero-order chi connectivity index (χ0) is 21.8. The summed E-state index contributed by atoms with van der Waals surface area (Å²) in [4.78, 5) is 26.4. The largest absolute Gasteiger partial charge is 0.394 e. The van der Waals surface area contributed by atoms with Gasteiger partial charge in [0.2, 0.25) is 0 Å². The lowest BCUT2D eigenvalue weighted by Gasteiger charge is -2.14. The molecule has 0 bridgehead atoms. The highest BCUT2D eigenvalue weighted by Gasteiger charge is 2.35. The molecule has 168 valence electrons. The highest BCUT2D eigenvalue weighted by molar-refractivity contribution is 5.29. The molecule has 0 amide bonds. The van der Waals surface area contributed by atoms with Crippen molar-refractivity contribution in [3.63, 3.8) is 0 Å². The average Bonchev–Trinajstić information content (AvgIpc) is 3.10. The number of H-pyrrole nitrogens is 1. The van der Waals surface area contributed by atoms with Crippen LogP contribution in [0.15, 0.2) is 15.8 Å². The van der Waals surface area contributed by atoms with Crippen molar-refractivity contribution in [3.05, 3.63) is 32.6 Å². The van der Waals surface area contributed by atoms with Crippen molar-refractivity contribution in [3.8, 4) is 11.8 Å². The summed E-state index contributed by atoms with van der Waals surface area (Å²) in [5.41, 5.74) is -0.938. The van der Waals surface area contributed by atoms with E-state index in [1.165, 1.54) is 62.1 Å². The number of aromatic amines is 1. The van der Waals surface area contributed by atoms with Crippen LogP contribution in [0, 0.1) is 11.8 Å². The summed E-state index contributed by atoms with van der Waals surface area (Å²) in [6.45, 7) is 1.90. The zero-order valence-electron chi connectivity index (χ0n) is 18.1. The number of ether oxygens (including phenoxy) is 1. The monoisotopic (exact) mass is 420 g/mol. The molecular formula is C23H36N2O5. The van der Waals surface area contributed by atoms with E-state index >= 15 is 0 Å². The summed E-state index contributed by atoms with van der Waals surface area (Å²) in [6.07, 6.45) is 12.5. The average molecular weight is 421 g/mol. The van der Waals surface area contributed by atoms with Gasteiger partial charge in [0.15, 0.2) is 0 Å². The lowest BCUT2D eigenvalue weighted by molar-refractivity contribution is -0.0459. The molecule has 2 rings (SSSR count). The summed E-state index contributed by atoms with van der Waals surface area (Å²) in [7, 11) is 0. The van der Waals surface area contributed by atoms with Crippen molar-refractivity contribution in [2.45, 2.75) is 102 Å². The lowest BCUT2D eigenvalue weighted by Crippen LogP contribution is -2.33. The number of rotatable bonds is 12. The molecule has 7 heteroatoms. The van der Waals surface area contributed by atoms with E-state index in [1.807, 2.05) is 0 Å². The number of hydrogen-bond acceptors (Lipinski definition) is 5. The predicted molar refractivity (Wildman–Crippen MR) is 116 cm³/mol. The number of nitrogens with zero attached hydrogens (tertiary/aromatic N) is 1. The minimum Gasteiger partial charge on any atom is -0.394 e. The minimum absolute atomic E-state index is 0.169. The maximum Gasteiger partial charge on any atom is 0.330 e. The summed E-state index contributed by atoms with van der Waals surface area (Å²) in [6, 6.07) is 0. The summed E-state index contributed by atoms with van der Waals surface area (Å²) >= 11 is 0. The van der Waals surface area contributed by atoms with E-state index in [9.17, 15) is 19.8 Å². The molecule has 1 aromatic heterocycles. The van der Waals surface area contributed by atoms with Gasteiger partial charge in [-0.15, -0.1) is 0 Å². The van der Waals surface area contributed by atoms with Crippen molar-refractivity contribution in [1.82, 2.24) is 9.55 Å². The van der Waals surface area contributed by atoms with Crippen LogP contribution in [0.3, 0.4) is 0 Å². The first-order valence-corrected chi connectivity index (χ1v) is 11.4. The van der Waals surface area contributed by atoms with Crippen LogP contribution < -0.4 is 11.2 Å².